The first-order chi connectivity index (χ1) is 9.37. The smallest absolute Gasteiger partial charge is 0.389 e. The highest BCUT2D eigenvalue weighted by Gasteiger charge is 2.63. The van der Waals surface area contributed by atoms with Gasteiger partial charge in [0.25, 0.3) is 9.84 Å². The van der Waals surface area contributed by atoms with Crippen molar-refractivity contribution in [2.45, 2.75) is 36.9 Å². The highest BCUT2D eigenvalue weighted by atomic mass is 32.3. The van der Waals surface area contributed by atoms with Gasteiger partial charge in [0.1, 0.15) is 0 Å². The molecular formula is C9H14F6O5S2. The molecule has 0 aliphatic rings. The predicted octanol–water partition coefficient (Wildman–Crippen LogP) is 2.37. The lowest BCUT2D eigenvalue weighted by Crippen LogP contribution is -2.51. The van der Waals surface area contributed by atoms with Crippen LogP contribution in [0.25, 0.3) is 0 Å². The lowest BCUT2D eigenvalue weighted by molar-refractivity contribution is -0.0523. The minimum atomic E-state index is -7.43. The molecule has 2 N–H and O–H groups in total. The van der Waals surface area contributed by atoms with Crippen molar-refractivity contribution in [3.63, 3.8) is 0 Å². The van der Waals surface area contributed by atoms with E-state index in [1.165, 1.54) is 6.92 Å². The second-order valence-electron chi connectivity index (χ2n) is 4.52. The van der Waals surface area contributed by atoms with E-state index in [1.54, 1.807) is 0 Å². The van der Waals surface area contributed by atoms with Crippen LogP contribution in [0.4, 0.5) is 26.3 Å². The van der Waals surface area contributed by atoms with E-state index in [0.29, 0.717) is 0 Å². The molecule has 0 aliphatic carbocycles. The number of halogens is 6. The van der Waals surface area contributed by atoms with E-state index in [-0.39, 0.29) is 12.5 Å². The van der Waals surface area contributed by atoms with E-state index < -0.39 is 53.2 Å². The molecule has 0 saturated heterocycles. The SMILES string of the molecule is CCCC(O)/C=C(/S(=O)(=O)C(F)(F)F)S(C)(=O)(O)C(F)(F)F. The Morgan fingerprint density at radius 3 is 1.91 bits per heavy atom. The van der Waals surface area contributed by atoms with Crippen LogP contribution in [0.15, 0.2) is 10.3 Å². The van der Waals surface area contributed by atoms with Crippen LogP contribution in [-0.4, -0.2) is 45.7 Å². The zero-order valence-electron chi connectivity index (χ0n) is 11.3. The third-order valence-corrected chi connectivity index (χ3v) is 7.79. The van der Waals surface area contributed by atoms with Gasteiger partial charge < -0.3 is 5.11 Å². The van der Waals surface area contributed by atoms with Crippen LogP contribution in [0.3, 0.4) is 0 Å². The molecule has 0 saturated carbocycles. The summed E-state index contributed by atoms with van der Waals surface area (Å²) >= 11 is 0. The van der Waals surface area contributed by atoms with Crippen molar-refractivity contribution in [3.8, 4) is 0 Å². The Morgan fingerprint density at radius 1 is 1.23 bits per heavy atom. The lowest BCUT2D eigenvalue weighted by atomic mass is 10.2. The van der Waals surface area contributed by atoms with Gasteiger partial charge in [-0.05, 0) is 12.5 Å². The summed E-state index contributed by atoms with van der Waals surface area (Å²) in [5, 5.41) is 9.28. The van der Waals surface area contributed by atoms with Gasteiger partial charge in [0.15, 0.2) is 4.24 Å². The van der Waals surface area contributed by atoms with Gasteiger partial charge in [-0.3, -0.25) is 4.55 Å². The first kappa shape index (κ1) is 21.3. The van der Waals surface area contributed by atoms with Crippen LogP contribution in [0.2, 0.25) is 0 Å². The normalized spacial score (nSPS) is 18.6. The molecule has 1 atom stereocenters. The van der Waals surface area contributed by atoms with Crippen molar-refractivity contribution in [2.24, 2.45) is 0 Å². The molecule has 0 amide bonds. The van der Waals surface area contributed by atoms with Gasteiger partial charge in [0, 0.05) is 6.26 Å². The number of aliphatic hydroxyl groups excluding tert-OH is 1. The average Bonchev–Trinajstić information content (AvgIpc) is 2.21. The summed E-state index contributed by atoms with van der Waals surface area (Å²) in [5.41, 5.74) is -12.4. The summed E-state index contributed by atoms with van der Waals surface area (Å²) in [6.07, 6.45) is -3.34. The molecule has 134 valence electrons. The number of sulfone groups is 1. The minimum absolute atomic E-state index is 0.0739. The Labute approximate surface area is 122 Å². The fourth-order valence-corrected chi connectivity index (χ4v) is 5.18. The molecule has 0 aromatic rings. The van der Waals surface area contributed by atoms with Crippen LogP contribution in [0, 0.1) is 0 Å². The summed E-state index contributed by atoms with van der Waals surface area (Å²) < 4.78 is 116. The molecule has 5 nitrogen and oxygen atoms in total. The van der Waals surface area contributed by atoms with Gasteiger partial charge in [0.2, 0.25) is 0 Å². The maximum absolute atomic E-state index is 12.8. The van der Waals surface area contributed by atoms with Gasteiger partial charge in [-0.2, -0.15) is 30.6 Å². The fourth-order valence-electron chi connectivity index (χ4n) is 1.27. The van der Waals surface area contributed by atoms with Crippen molar-refractivity contribution in [2.75, 3.05) is 6.26 Å². The molecule has 1 unspecified atom stereocenters. The standard InChI is InChI=1S/C9H14F6O5S2/c1-3-4-6(16)5-7(21(17,18)8(10,11)12)22(2,19,20)9(13,14)15/h5-6,16H,3-4H2,1-2H3,(H,19,20)/b7-5-. The van der Waals surface area contributed by atoms with Crippen LogP contribution < -0.4 is 0 Å². The van der Waals surface area contributed by atoms with E-state index in [4.69, 9.17) is 0 Å². The predicted molar refractivity (Wildman–Crippen MR) is 66.7 cm³/mol. The topological polar surface area (TPSA) is 91.7 Å². The number of alkyl halides is 6. The molecule has 13 heteroatoms. The number of rotatable bonds is 5. The molecule has 0 bridgehead atoms. The number of hydrogen-bond acceptors (Lipinski definition) is 4. The summed E-state index contributed by atoms with van der Waals surface area (Å²) in [6.45, 7) is 1.40. The lowest BCUT2D eigenvalue weighted by Gasteiger charge is -2.41. The molecular weight excluding hydrogens is 366 g/mol. The zero-order valence-corrected chi connectivity index (χ0v) is 12.9. The van der Waals surface area contributed by atoms with Crippen molar-refractivity contribution in [3.05, 3.63) is 10.3 Å². The first-order valence-corrected chi connectivity index (χ1v) is 9.35. The maximum atomic E-state index is 12.8. The van der Waals surface area contributed by atoms with E-state index in [1.807, 2.05) is 0 Å². The van der Waals surface area contributed by atoms with Crippen molar-refractivity contribution < 1.29 is 48.6 Å². The first-order valence-electron chi connectivity index (χ1n) is 5.54. The molecule has 0 rings (SSSR count). The highest BCUT2D eigenvalue weighted by molar-refractivity contribution is 8.28. The second kappa shape index (κ2) is 5.76. The molecule has 0 aromatic heterocycles. The Bertz CT molecular complexity index is 609. The summed E-state index contributed by atoms with van der Waals surface area (Å²) in [6, 6.07) is 0. The molecule has 22 heavy (non-hydrogen) atoms. The van der Waals surface area contributed by atoms with E-state index in [0.717, 1.165) is 0 Å². The highest BCUT2D eigenvalue weighted by Crippen LogP contribution is 2.50. The van der Waals surface area contributed by atoms with Gasteiger partial charge in [-0.15, -0.1) is 0 Å². The van der Waals surface area contributed by atoms with Gasteiger partial charge in [-0.1, -0.05) is 22.7 Å². The molecule has 0 radical (unpaired) electrons. The quantitative estimate of drug-likeness (QED) is 0.715. The van der Waals surface area contributed by atoms with Crippen LogP contribution in [-0.2, 0) is 19.2 Å². The summed E-state index contributed by atoms with van der Waals surface area (Å²) in [4.78, 5) is 0. The fraction of sp³-hybridized carbons (Fsp3) is 0.778. The van der Waals surface area contributed by atoms with Crippen molar-refractivity contribution >= 4 is 19.2 Å². The molecule has 0 spiro atoms. The van der Waals surface area contributed by atoms with Crippen molar-refractivity contribution in [1.82, 2.24) is 0 Å². The summed E-state index contributed by atoms with van der Waals surface area (Å²) in [5.74, 6) is 0. The van der Waals surface area contributed by atoms with Gasteiger partial charge in [-0.25, -0.2) is 8.42 Å². The maximum Gasteiger partial charge on any atom is 0.503 e. The average molecular weight is 380 g/mol. The molecule has 0 aliphatic heterocycles. The Morgan fingerprint density at radius 2 is 1.64 bits per heavy atom. The molecule has 0 heterocycles. The minimum Gasteiger partial charge on any atom is -0.389 e. The Hall–Kier alpha value is -0.660. The second-order valence-corrected chi connectivity index (χ2v) is 10.2. The van der Waals surface area contributed by atoms with Crippen molar-refractivity contribution in [1.29, 1.82) is 0 Å². The van der Waals surface area contributed by atoms with E-state index in [2.05, 4.69) is 0 Å². The van der Waals surface area contributed by atoms with E-state index in [9.17, 15) is 48.6 Å². The monoisotopic (exact) mass is 380 g/mol. The van der Waals surface area contributed by atoms with Crippen LogP contribution >= 0.6 is 0 Å². The third-order valence-electron chi connectivity index (χ3n) is 2.50. The third kappa shape index (κ3) is 3.81. The summed E-state index contributed by atoms with van der Waals surface area (Å²) in [7, 11) is -14.2. The Kier molecular flexibility index (Phi) is 5.59. The van der Waals surface area contributed by atoms with Crippen LogP contribution in [0.5, 0.6) is 0 Å². The molecule has 0 fully saturated rings. The van der Waals surface area contributed by atoms with E-state index >= 15 is 0 Å². The Balaban J connectivity index is 6.65. The molecule has 0 aromatic carbocycles. The van der Waals surface area contributed by atoms with Crippen LogP contribution in [0.1, 0.15) is 19.8 Å². The largest absolute Gasteiger partial charge is 0.503 e. The number of hydrogen-bond donors (Lipinski definition) is 2. The van der Waals surface area contributed by atoms with Gasteiger partial charge >= 0.3 is 11.0 Å². The zero-order chi connectivity index (χ0) is 18.2. The number of aliphatic hydroxyl groups is 1. The van der Waals surface area contributed by atoms with Gasteiger partial charge in [0.05, 0.1) is 6.10 Å².